The molecule has 0 aliphatic heterocycles. The number of carbonyl (C=O) groups is 2. The first-order valence-corrected chi connectivity index (χ1v) is 7.13. The van der Waals surface area contributed by atoms with Crippen molar-refractivity contribution in [2.45, 2.75) is 26.1 Å². The molecule has 0 aromatic carbocycles. The third kappa shape index (κ3) is 10.7. The molecule has 0 spiro atoms. The summed E-state index contributed by atoms with van der Waals surface area (Å²) in [6, 6.07) is 0. The van der Waals surface area contributed by atoms with E-state index in [0.29, 0.717) is 15.0 Å². The van der Waals surface area contributed by atoms with E-state index >= 15 is 0 Å². The van der Waals surface area contributed by atoms with E-state index in [1.54, 1.807) is 0 Å². The molecule has 4 nitrogen and oxygen atoms in total. The van der Waals surface area contributed by atoms with Gasteiger partial charge in [0.15, 0.2) is 0 Å². The third-order valence-electron chi connectivity index (χ3n) is 1.68. The van der Waals surface area contributed by atoms with Crippen LogP contribution in [0, 0.1) is 5.92 Å². The molecule has 0 aliphatic rings. The van der Waals surface area contributed by atoms with E-state index in [1.165, 1.54) is 0 Å². The Morgan fingerprint density at radius 3 is 2.47 bits per heavy atom. The van der Waals surface area contributed by atoms with Crippen molar-refractivity contribution >= 4 is 59.1 Å². The topological polar surface area (TPSA) is 69.4 Å². The lowest BCUT2D eigenvalue weighted by Gasteiger charge is -2.11. The number of primary amides is 1. The van der Waals surface area contributed by atoms with Crippen LogP contribution >= 0.6 is 44.7 Å². The second-order valence-electron chi connectivity index (χ2n) is 3.38. The van der Waals surface area contributed by atoms with Crippen LogP contribution in [0.1, 0.15) is 19.8 Å². The van der Waals surface area contributed by atoms with Crippen molar-refractivity contribution < 1.29 is 14.3 Å². The number of ether oxygens (including phenoxy) is 1. The molecule has 0 fully saturated rings. The summed E-state index contributed by atoms with van der Waals surface area (Å²) in [6.07, 6.45) is 1.15. The minimum atomic E-state index is -0.473. The molecule has 2 N–H and O–H groups in total. The van der Waals surface area contributed by atoms with Crippen LogP contribution in [-0.4, -0.2) is 20.9 Å². The lowest BCUT2D eigenvalue weighted by molar-refractivity contribution is -0.145. The molecule has 0 heterocycles. The Hall–Kier alpha value is 0.465. The minimum Gasteiger partial charge on any atom is -0.465 e. The van der Waals surface area contributed by atoms with Gasteiger partial charge in [-0.1, -0.05) is 6.92 Å². The zero-order valence-electron chi connectivity index (χ0n) is 8.54. The van der Waals surface area contributed by atoms with Crippen LogP contribution in [-0.2, 0) is 14.3 Å². The molecule has 1 atom stereocenters. The molecule has 0 rings (SSSR count). The molecule has 0 radical (unpaired) electrons. The van der Waals surface area contributed by atoms with E-state index in [1.807, 2.05) is 6.92 Å². The summed E-state index contributed by atoms with van der Waals surface area (Å²) in [7, 11) is 0. The number of amides is 1. The first-order chi connectivity index (χ1) is 6.91. The second-order valence-corrected chi connectivity index (χ2v) is 8.77. The maximum Gasteiger partial charge on any atom is 0.306 e. The standard InChI is InChI=1S/C8H14BI2NO3/c1-6(4-9(10)11)5-15-8(14)3-2-7(12)13/h6H,2-5H2,1H3,(H2,12,13). The molecule has 15 heavy (non-hydrogen) atoms. The minimum absolute atomic E-state index is 0.0639. The fraction of sp³-hybridized carbons (Fsp3) is 0.750. The Kier molecular flexibility index (Phi) is 8.86. The van der Waals surface area contributed by atoms with Crippen molar-refractivity contribution in [2.75, 3.05) is 6.61 Å². The lowest BCUT2D eigenvalue weighted by Crippen LogP contribution is -2.17. The van der Waals surface area contributed by atoms with Gasteiger partial charge >= 0.3 is 5.97 Å². The van der Waals surface area contributed by atoms with Crippen LogP contribution in [0.4, 0.5) is 0 Å². The zero-order valence-corrected chi connectivity index (χ0v) is 12.9. The Labute approximate surface area is 117 Å². The van der Waals surface area contributed by atoms with Gasteiger partial charge < -0.3 is 10.5 Å². The Balaban J connectivity index is 3.57. The summed E-state index contributed by atoms with van der Waals surface area (Å²) in [5.41, 5.74) is 4.91. The molecular formula is C8H14BI2NO3. The molecule has 86 valence electrons. The number of hydrogen-bond donors (Lipinski definition) is 1. The monoisotopic (exact) mass is 437 g/mol. The second kappa shape index (κ2) is 8.60. The van der Waals surface area contributed by atoms with Gasteiger partial charge in [-0.3, -0.25) is 9.59 Å². The van der Waals surface area contributed by atoms with Gasteiger partial charge in [-0.25, -0.2) is 0 Å². The van der Waals surface area contributed by atoms with Crippen LogP contribution in [0.2, 0.25) is 6.32 Å². The van der Waals surface area contributed by atoms with Gasteiger partial charge in [-0.05, 0) is 12.2 Å². The average molecular weight is 437 g/mol. The van der Waals surface area contributed by atoms with Crippen LogP contribution in [0.25, 0.3) is 0 Å². The highest BCUT2D eigenvalue weighted by Crippen LogP contribution is 2.17. The number of carbonyl (C=O) groups excluding carboxylic acids is 2. The van der Waals surface area contributed by atoms with E-state index in [2.05, 4.69) is 44.7 Å². The molecule has 7 heteroatoms. The Bertz CT molecular complexity index is 226. The third-order valence-corrected chi connectivity index (χ3v) is 2.70. The largest absolute Gasteiger partial charge is 0.465 e. The molecule has 0 aliphatic carbocycles. The predicted molar refractivity (Wildman–Crippen MR) is 77.2 cm³/mol. The molecule has 0 saturated carbocycles. The normalized spacial score (nSPS) is 11.9. The molecule has 1 amide bonds. The van der Waals surface area contributed by atoms with Crippen LogP contribution in [0.3, 0.4) is 0 Å². The first-order valence-electron chi connectivity index (χ1n) is 4.64. The summed E-state index contributed by atoms with van der Waals surface area (Å²) in [5, 5.41) is 0. The van der Waals surface area contributed by atoms with Gasteiger partial charge in [0, 0.05) is 6.42 Å². The Morgan fingerprint density at radius 1 is 1.40 bits per heavy atom. The number of hydrogen-bond acceptors (Lipinski definition) is 3. The van der Waals surface area contributed by atoms with Crippen molar-refractivity contribution in [1.82, 2.24) is 0 Å². The average Bonchev–Trinajstić information content (AvgIpc) is 2.10. The summed E-state index contributed by atoms with van der Waals surface area (Å²) in [6.45, 7) is 2.45. The van der Waals surface area contributed by atoms with Crippen molar-refractivity contribution in [3.63, 3.8) is 0 Å². The number of nitrogens with two attached hydrogens (primary N) is 1. The first kappa shape index (κ1) is 15.5. The van der Waals surface area contributed by atoms with Gasteiger partial charge in [-0.15, -0.1) is 44.7 Å². The van der Waals surface area contributed by atoms with Gasteiger partial charge in [0.1, 0.15) is 0 Å². The lowest BCUT2D eigenvalue weighted by atomic mass is 9.93. The summed E-state index contributed by atoms with van der Waals surface area (Å²) in [5.74, 6) is -0.472. The maximum absolute atomic E-state index is 11.1. The van der Waals surface area contributed by atoms with Crippen molar-refractivity contribution in [3.8, 4) is 0 Å². The number of rotatable bonds is 7. The highest BCUT2D eigenvalue weighted by atomic mass is 127. The van der Waals surface area contributed by atoms with Crippen molar-refractivity contribution in [1.29, 1.82) is 0 Å². The van der Waals surface area contributed by atoms with Crippen LogP contribution < -0.4 is 5.73 Å². The van der Waals surface area contributed by atoms with Crippen molar-refractivity contribution in [2.24, 2.45) is 11.7 Å². The van der Waals surface area contributed by atoms with E-state index in [4.69, 9.17) is 10.5 Å². The Morgan fingerprint density at radius 2 is 2.00 bits per heavy atom. The van der Waals surface area contributed by atoms with Gasteiger partial charge in [0.05, 0.1) is 13.0 Å². The van der Waals surface area contributed by atoms with Crippen LogP contribution in [0.5, 0.6) is 0 Å². The van der Waals surface area contributed by atoms with E-state index in [-0.39, 0.29) is 18.8 Å². The highest BCUT2D eigenvalue weighted by molar-refractivity contribution is 14.3. The van der Waals surface area contributed by atoms with Gasteiger partial charge in [0.25, 0.3) is 2.43 Å². The number of halogens is 2. The number of esters is 1. The molecule has 1 unspecified atom stereocenters. The molecule has 0 aromatic heterocycles. The molecule has 0 aromatic rings. The molecular weight excluding hydrogens is 423 g/mol. The van der Waals surface area contributed by atoms with Gasteiger partial charge in [0.2, 0.25) is 5.91 Å². The quantitative estimate of drug-likeness (QED) is 0.376. The highest BCUT2D eigenvalue weighted by Gasteiger charge is 2.13. The summed E-state index contributed by atoms with van der Waals surface area (Å²) >= 11 is 4.65. The van der Waals surface area contributed by atoms with E-state index in [0.717, 1.165) is 6.32 Å². The fourth-order valence-electron chi connectivity index (χ4n) is 0.905. The summed E-state index contributed by atoms with van der Waals surface area (Å²) in [4.78, 5) is 21.5. The van der Waals surface area contributed by atoms with Crippen molar-refractivity contribution in [3.05, 3.63) is 0 Å². The molecule has 0 bridgehead atoms. The SMILES string of the molecule is CC(COC(=O)CCC(N)=O)CB(I)I. The predicted octanol–water partition coefficient (Wildman–Crippen LogP) is 1.79. The zero-order chi connectivity index (χ0) is 11.8. The maximum atomic E-state index is 11.1. The van der Waals surface area contributed by atoms with Gasteiger partial charge in [-0.2, -0.15) is 0 Å². The van der Waals surface area contributed by atoms with E-state index in [9.17, 15) is 9.59 Å². The summed E-state index contributed by atoms with van der Waals surface area (Å²) < 4.78 is 5.54. The smallest absolute Gasteiger partial charge is 0.306 e. The fourth-order valence-corrected chi connectivity index (χ4v) is 2.64. The molecule has 0 saturated heterocycles. The van der Waals surface area contributed by atoms with Crippen LogP contribution in [0.15, 0.2) is 0 Å². The van der Waals surface area contributed by atoms with E-state index < -0.39 is 5.91 Å².